The number of anilines is 2. The van der Waals surface area contributed by atoms with Crippen molar-refractivity contribution in [2.24, 2.45) is 0 Å². The molecule has 1 saturated heterocycles. The minimum atomic E-state index is -0.809. The maximum absolute atomic E-state index is 15.0. The number of nitrogens with one attached hydrogen (secondary N) is 1. The summed E-state index contributed by atoms with van der Waals surface area (Å²) in [4.78, 5) is 25.2. The Balaban J connectivity index is 1.27. The lowest BCUT2D eigenvalue weighted by Gasteiger charge is -2.43. The second-order valence-electron chi connectivity index (χ2n) is 9.75. The second-order valence-corrected chi connectivity index (χ2v) is 9.75. The summed E-state index contributed by atoms with van der Waals surface area (Å²) in [5, 5.41) is 2.70. The standard InChI is InChI=1S/C27H28F2N6O/c28-22-15-20-17(8-9-31-27(20)36)14-21(22)24-26(30)33-25(29)23(32-24)16-4-6-19(7-5-16)35-12-10-34(11-13-35)18-2-1-3-18/h4-7,14-15,18H,1-3,8-13H2,(H2,30,33)(H,31,36). The number of hydrogen-bond donors (Lipinski definition) is 2. The van der Waals surface area contributed by atoms with Crippen LogP contribution in [-0.2, 0) is 6.42 Å². The number of fused-ring (bicyclic) bond motifs is 1. The number of carbonyl (C=O) groups excluding carboxylic acids is 1. The van der Waals surface area contributed by atoms with Gasteiger partial charge in [0.2, 0.25) is 5.95 Å². The lowest BCUT2D eigenvalue weighted by atomic mass is 9.91. The van der Waals surface area contributed by atoms with Crippen LogP contribution in [-0.4, -0.2) is 59.5 Å². The van der Waals surface area contributed by atoms with Gasteiger partial charge in [-0.2, -0.15) is 9.37 Å². The molecule has 1 amide bonds. The molecule has 2 fully saturated rings. The van der Waals surface area contributed by atoms with Gasteiger partial charge in [-0.05, 0) is 49.1 Å². The van der Waals surface area contributed by atoms with Crippen molar-refractivity contribution in [3.8, 4) is 22.5 Å². The van der Waals surface area contributed by atoms with Crippen molar-refractivity contribution in [1.29, 1.82) is 0 Å². The summed E-state index contributed by atoms with van der Waals surface area (Å²) in [7, 11) is 0. The number of benzene rings is 2. The number of hydrogen-bond acceptors (Lipinski definition) is 6. The van der Waals surface area contributed by atoms with Gasteiger partial charge in [0.25, 0.3) is 5.91 Å². The highest BCUT2D eigenvalue weighted by atomic mass is 19.1. The minimum Gasteiger partial charge on any atom is -0.382 e. The molecule has 0 atom stereocenters. The molecule has 1 saturated carbocycles. The van der Waals surface area contributed by atoms with Crippen molar-refractivity contribution in [1.82, 2.24) is 20.2 Å². The first-order chi connectivity index (χ1) is 17.5. The number of nitrogens with zero attached hydrogens (tertiary/aromatic N) is 4. The van der Waals surface area contributed by atoms with Crippen LogP contribution in [0.1, 0.15) is 35.2 Å². The minimum absolute atomic E-state index is 0.00964. The molecular formula is C27H28F2N6O. The normalized spacial score (nSPS) is 18.5. The van der Waals surface area contributed by atoms with Gasteiger partial charge >= 0.3 is 0 Å². The predicted molar refractivity (Wildman–Crippen MR) is 135 cm³/mol. The van der Waals surface area contributed by atoms with Crippen LogP contribution in [0.2, 0.25) is 0 Å². The van der Waals surface area contributed by atoms with Crippen molar-refractivity contribution in [3.63, 3.8) is 0 Å². The van der Waals surface area contributed by atoms with Crippen LogP contribution in [0.25, 0.3) is 22.5 Å². The van der Waals surface area contributed by atoms with E-state index in [0.29, 0.717) is 29.7 Å². The number of halogens is 2. The first-order valence-electron chi connectivity index (χ1n) is 12.5. The maximum Gasteiger partial charge on any atom is 0.251 e. The molecule has 2 aromatic carbocycles. The summed E-state index contributed by atoms with van der Waals surface area (Å²) < 4.78 is 29.9. The average molecular weight is 491 g/mol. The van der Waals surface area contributed by atoms with Crippen molar-refractivity contribution in [2.75, 3.05) is 43.4 Å². The SMILES string of the molecule is Nc1nc(F)c(-c2ccc(N3CCN(C4CCC4)CC3)cc2)nc1-c1cc2c(cc1F)C(=O)NCC2. The van der Waals surface area contributed by atoms with Crippen LogP contribution in [0, 0.1) is 11.8 Å². The molecular weight excluding hydrogens is 462 g/mol. The fourth-order valence-electron chi connectivity index (χ4n) is 5.36. The molecule has 7 nitrogen and oxygen atoms in total. The predicted octanol–water partition coefficient (Wildman–Crippen LogP) is 3.63. The molecule has 3 N–H and O–H groups in total. The van der Waals surface area contributed by atoms with E-state index in [1.165, 1.54) is 25.3 Å². The third-order valence-corrected chi connectivity index (χ3v) is 7.66. The number of nitrogen functional groups attached to an aromatic ring is 1. The zero-order chi connectivity index (χ0) is 24.8. The Kier molecular flexibility index (Phi) is 5.79. The average Bonchev–Trinajstić information content (AvgIpc) is 2.84. The van der Waals surface area contributed by atoms with Crippen LogP contribution < -0.4 is 16.0 Å². The van der Waals surface area contributed by atoms with Gasteiger partial charge in [0.05, 0.1) is 0 Å². The van der Waals surface area contributed by atoms with Gasteiger partial charge in [-0.1, -0.05) is 18.6 Å². The topological polar surface area (TPSA) is 87.4 Å². The molecule has 6 rings (SSSR count). The Morgan fingerprint density at radius 1 is 0.944 bits per heavy atom. The molecule has 3 aliphatic rings. The molecule has 186 valence electrons. The first kappa shape index (κ1) is 22.8. The smallest absolute Gasteiger partial charge is 0.251 e. The van der Waals surface area contributed by atoms with Crippen LogP contribution in [0.3, 0.4) is 0 Å². The van der Waals surface area contributed by atoms with Gasteiger partial charge < -0.3 is 16.0 Å². The molecule has 0 bridgehead atoms. The van der Waals surface area contributed by atoms with E-state index in [1.807, 2.05) is 24.3 Å². The van der Waals surface area contributed by atoms with E-state index in [-0.39, 0.29) is 28.7 Å². The molecule has 9 heteroatoms. The van der Waals surface area contributed by atoms with Gasteiger partial charge in [-0.3, -0.25) is 9.69 Å². The molecule has 36 heavy (non-hydrogen) atoms. The molecule has 1 aliphatic carbocycles. The molecule has 3 aromatic rings. The Labute approximate surface area is 208 Å². The van der Waals surface area contributed by atoms with Crippen LogP contribution in [0.15, 0.2) is 36.4 Å². The van der Waals surface area contributed by atoms with Gasteiger partial charge in [-0.15, -0.1) is 0 Å². The zero-order valence-electron chi connectivity index (χ0n) is 19.9. The Morgan fingerprint density at radius 2 is 1.69 bits per heavy atom. The van der Waals surface area contributed by atoms with Crippen molar-refractivity contribution in [3.05, 3.63) is 59.3 Å². The van der Waals surface area contributed by atoms with Gasteiger partial charge in [-0.25, -0.2) is 9.37 Å². The molecule has 1 aromatic heterocycles. The van der Waals surface area contributed by atoms with Crippen LogP contribution >= 0.6 is 0 Å². The van der Waals surface area contributed by atoms with Crippen molar-refractivity contribution in [2.45, 2.75) is 31.7 Å². The van der Waals surface area contributed by atoms with Gasteiger partial charge in [0.15, 0.2) is 5.82 Å². The maximum atomic E-state index is 15.0. The third-order valence-electron chi connectivity index (χ3n) is 7.66. The van der Waals surface area contributed by atoms with Gasteiger partial charge in [0.1, 0.15) is 17.2 Å². The second kappa shape index (κ2) is 9.13. The van der Waals surface area contributed by atoms with E-state index >= 15 is 4.39 Å². The quantitative estimate of drug-likeness (QED) is 0.581. The first-order valence-corrected chi connectivity index (χ1v) is 12.5. The van der Waals surface area contributed by atoms with Crippen LogP contribution in [0.5, 0.6) is 0 Å². The van der Waals surface area contributed by atoms with E-state index in [9.17, 15) is 9.18 Å². The Hall–Kier alpha value is -3.59. The lowest BCUT2D eigenvalue weighted by Crippen LogP contribution is -2.52. The Bertz CT molecular complexity index is 1320. The summed E-state index contributed by atoms with van der Waals surface area (Å²) >= 11 is 0. The van der Waals surface area contributed by atoms with Crippen molar-refractivity contribution < 1.29 is 13.6 Å². The number of nitrogens with two attached hydrogens (primary N) is 1. The molecule has 0 spiro atoms. The molecule has 0 radical (unpaired) electrons. The highest BCUT2D eigenvalue weighted by Gasteiger charge is 2.28. The van der Waals surface area contributed by atoms with E-state index in [1.54, 1.807) is 6.07 Å². The number of rotatable bonds is 4. The van der Waals surface area contributed by atoms with E-state index in [0.717, 1.165) is 37.9 Å². The van der Waals surface area contributed by atoms with E-state index in [2.05, 4.69) is 25.1 Å². The Morgan fingerprint density at radius 3 is 2.39 bits per heavy atom. The highest BCUT2D eigenvalue weighted by Crippen LogP contribution is 2.33. The summed E-state index contributed by atoms with van der Waals surface area (Å²) in [6, 6.07) is 11.1. The van der Waals surface area contributed by atoms with E-state index in [4.69, 9.17) is 5.73 Å². The zero-order valence-corrected chi connectivity index (χ0v) is 19.9. The lowest BCUT2D eigenvalue weighted by molar-refractivity contribution is 0.0945. The fraction of sp³-hybridized carbons (Fsp3) is 0.370. The van der Waals surface area contributed by atoms with Gasteiger partial charge in [0, 0.05) is 61.1 Å². The molecule has 2 aliphatic heterocycles. The van der Waals surface area contributed by atoms with E-state index < -0.39 is 11.8 Å². The molecule has 3 heterocycles. The third kappa shape index (κ3) is 4.07. The number of carbonyl (C=O) groups is 1. The number of aromatic nitrogens is 2. The van der Waals surface area contributed by atoms with Crippen LogP contribution in [0.4, 0.5) is 20.3 Å². The van der Waals surface area contributed by atoms with Crippen molar-refractivity contribution >= 4 is 17.4 Å². The number of piperazine rings is 1. The largest absolute Gasteiger partial charge is 0.382 e. The fourth-order valence-corrected chi connectivity index (χ4v) is 5.36. The summed E-state index contributed by atoms with van der Waals surface area (Å²) in [5.41, 5.74) is 8.76. The molecule has 0 unspecified atom stereocenters. The highest BCUT2D eigenvalue weighted by molar-refractivity contribution is 5.97. The summed E-state index contributed by atoms with van der Waals surface area (Å²) in [6.07, 6.45) is 4.53. The summed E-state index contributed by atoms with van der Waals surface area (Å²) in [6.45, 7) is 4.51. The monoisotopic (exact) mass is 490 g/mol. The summed E-state index contributed by atoms with van der Waals surface area (Å²) in [5.74, 6) is -1.97. The number of amides is 1.